The quantitative estimate of drug-likeness (QED) is 0.773. The van der Waals surface area contributed by atoms with Crippen molar-refractivity contribution in [1.82, 2.24) is 4.67 Å². The minimum absolute atomic E-state index is 0.317. The molecule has 0 heterocycles. The van der Waals surface area contributed by atoms with Gasteiger partial charge in [-0.05, 0) is 12.5 Å². The van der Waals surface area contributed by atoms with E-state index in [1.165, 1.54) is 0 Å². The Labute approximate surface area is 109 Å². The van der Waals surface area contributed by atoms with Crippen molar-refractivity contribution in [3.05, 3.63) is 35.9 Å². The van der Waals surface area contributed by atoms with Crippen molar-refractivity contribution in [3.63, 3.8) is 0 Å². The lowest BCUT2D eigenvalue weighted by molar-refractivity contribution is 0.184. The summed E-state index contributed by atoms with van der Waals surface area (Å²) in [6.07, 6.45) is 0. The van der Waals surface area contributed by atoms with Gasteiger partial charge in [0.05, 0.1) is 6.61 Å². The molecular weight excluding hydrogens is 249 g/mol. The monoisotopic (exact) mass is 271 g/mol. The minimum atomic E-state index is -3.25. The van der Waals surface area contributed by atoms with E-state index in [9.17, 15) is 9.67 Å². The zero-order valence-electron chi connectivity index (χ0n) is 11.2. The minimum Gasteiger partial charge on any atom is -0.377 e. The summed E-state index contributed by atoms with van der Waals surface area (Å²) in [6, 6.07) is 9.02. The van der Waals surface area contributed by atoms with Crippen LogP contribution >= 0.6 is 7.52 Å². The molecule has 0 radical (unpaired) electrons. The van der Waals surface area contributed by atoms with Crippen LogP contribution in [0.5, 0.6) is 0 Å². The number of benzene rings is 1. The molecule has 5 heteroatoms. The molecule has 102 valence electrons. The van der Waals surface area contributed by atoms with E-state index in [-0.39, 0.29) is 0 Å². The Kier molecular flexibility index (Phi) is 6.03. The summed E-state index contributed by atoms with van der Waals surface area (Å²) in [5.41, 5.74) is 0.626. The number of hydrogen-bond acceptors (Lipinski definition) is 3. The van der Waals surface area contributed by atoms with Crippen molar-refractivity contribution in [2.75, 3.05) is 19.7 Å². The van der Waals surface area contributed by atoms with Crippen molar-refractivity contribution in [2.45, 2.75) is 26.6 Å². The topological polar surface area (TPSA) is 49.8 Å². The van der Waals surface area contributed by atoms with Crippen LogP contribution in [-0.2, 0) is 9.09 Å². The third-order valence-electron chi connectivity index (χ3n) is 2.85. The molecule has 0 saturated heterocycles. The largest absolute Gasteiger partial charge is 0.377 e. The second-order valence-corrected chi connectivity index (χ2v) is 6.35. The molecule has 0 bridgehead atoms. The van der Waals surface area contributed by atoms with Crippen LogP contribution < -0.4 is 0 Å². The first-order chi connectivity index (χ1) is 8.60. The molecule has 0 spiro atoms. The van der Waals surface area contributed by atoms with Crippen LogP contribution in [0.4, 0.5) is 0 Å². The predicted molar refractivity (Wildman–Crippen MR) is 73.6 cm³/mol. The molecule has 0 aliphatic carbocycles. The van der Waals surface area contributed by atoms with Gasteiger partial charge in [-0.2, -0.15) is 0 Å². The van der Waals surface area contributed by atoms with Gasteiger partial charge in [-0.25, -0.2) is 4.67 Å². The van der Waals surface area contributed by atoms with Crippen LogP contribution in [0, 0.1) is 0 Å². The highest BCUT2D eigenvalue weighted by Crippen LogP contribution is 2.61. The molecule has 1 aromatic carbocycles. The van der Waals surface area contributed by atoms with Crippen molar-refractivity contribution >= 4 is 7.52 Å². The zero-order valence-corrected chi connectivity index (χ0v) is 12.1. The molecule has 0 saturated carbocycles. The molecule has 0 aromatic heterocycles. The number of nitrogens with zero attached hydrogens (tertiary/aromatic N) is 1. The molecule has 18 heavy (non-hydrogen) atoms. The lowest BCUT2D eigenvalue weighted by atomic mass is 10.2. The van der Waals surface area contributed by atoms with Crippen molar-refractivity contribution in [3.8, 4) is 0 Å². The van der Waals surface area contributed by atoms with E-state index in [4.69, 9.17) is 4.52 Å². The summed E-state index contributed by atoms with van der Waals surface area (Å²) >= 11 is 0. The fourth-order valence-electron chi connectivity index (χ4n) is 1.92. The summed E-state index contributed by atoms with van der Waals surface area (Å²) in [5, 5.41) is 10.4. The number of aliphatic hydroxyl groups is 1. The van der Waals surface area contributed by atoms with Gasteiger partial charge in [0.2, 0.25) is 0 Å². The Balaban J connectivity index is 3.08. The Morgan fingerprint density at radius 2 is 1.78 bits per heavy atom. The summed E-state index contributed by atoms with van der Waals surface area (Å²) in [6.45, 7) is 7.08. The van der Waals surface area contributed by atoms with Gasteiger partial charge < -0.3 is 9.63 Å². The first-order valence-corrected chi connectivity index (χ1v) is 7.97. The normalized spacial score (nSPS) is 16.5. The second kappa shape index (κ2) is 7.05. The van der Waals surface area contributed by atoms with Gasteiger partial charge in [0.25, 0.3) is 0 Å². The SMILES string of the molecule is CCOP(=O)(C(O)c1ccccc1)N(CC)CC. The first-order valence-electron chi connectivity index (χ1n) is 6.32. The van der Waals surface area contributed by atoms with Crippen molar-refractivity contribution < 1.29 is 14.2 Å². The standard InChI is InChI=1S/C13H22NO3P/c1-4-14(5-2)18(16,17-6-3)13(15)12-10-8-7-9-11-12/h7-11,13,15H,4-6H2,1-3H3. The molecule has 0 fully saturated rings. The van der Waals surface area contributed by atoms with E-state index in [2.05, 4.69) is 0 Å². The maximum absolute atomic E-state index is 12.9. The number of rotatable bonds is 7. The smallest absolute Gasteiger partial charge is 0.304 e. The van der Waals surface area contributed by atoms with Gasteiger partial charge in [-0.15, -0.1) is 0 Å². The predicted octanol–water partition coefficient (Wildman–Crippen LogP) is 3.25. The third kappa shape index (κ3) is 3.21. The Morgan fingerprint density at radius 1 is 1.22 bits per heavy atom. The van der Waals surface area contributed by atoms with Gasteiger partial charge in [0.15, 0.2) is 5.85 Å². The molecule has 1 rings (SSSR count). The van der Waals surface area contributed by atoms with Gasteiger partial charge in [0.1, 0.15) is 0 Å². The van der Waals surface area contributed by atoms with Crippen LogP contribution in [-0.4, -0.2) is 29.5 Å². The summed E-state index contributed by atoms with van der Waals surface area (Å²) in [7, 11) is -3.25. The first kappa shape index (κ1) is 15.4. The zero-order chi connectivity index (χ0) is 13.6. The average molecular weight is 271 g/mol. The lowest BCUT2D eigenvalue weighted by Gasteiger charge is -2.32. The molecule has 4 nitrogen and oxygen atoms in total. The van der Waals surface area contributed by atoms with E-state index < -0.39 is 13.4 Å². The molecule has 0 aliphatic heterocycles. The molecule has 2 atom stereocenters. The molecular formula is C13H22NO3P. The van der Waals surface area contributed by atoms with E-state index in [0.717, 1.165) is 0 Å². The van der Waals surface area contributed by atoms with Crippen LogP contribution in [0.15, 0.2) is 30.3 Å². The molecule has 2 unspecified atom stereocenters. The molecule has 0 amide bonds. The number of hydrogen-bond donors (Lipinski definition) is 1. The maximum atomic E-state index is 12.9. The van der Waals surface area contributed by atoms with Gasteiger partial charge in [0, 0.05) is 13.1 Å². The Morgan fingerprint density at radius 3 is 2.22 bits per heavy atom. The Bertz CT molecular complexity index is 392. The lowest BCUT2D eigenvalue weighted by Crippen LogP contribution is -2.24. The van der Waals surface area contributed by atoms with Gasteiger partial charge in [-0.1, -0.05) is 44.2 Å². The average Bonchev–Trinajstić information content (AvgIpc) is 2.40. The molecule has 0 aliphatic rings. The highest BCUT2D eigenvalue weighted by Gasteiger charge is 2.38. The fourth-order valence-corrected chi connectivity index (χ4v) is 4.24. The summed E-state index contributed by atoms with van der Waals surface area (Å²) in [5.74, 6) is -1.10. The van der Waals surface area contributed by atoms with Crippen LogP contribution in [0.2, 0.25) is 0 Å². The van der Waals surface area contributed by atoms with Gasteiger partial charge >= 0.3 is 7.52 Å². The maximum Gasteiger partial charge on any atom is 0.304 e. The Hall–Kier alpha value is -0.670. The summed E-state index contributed by atoms with van der Waals surface area (Å²) in [4.78, 5) is 0. The fraction of sp³-hybridized carbons (Fsp3) is 0.538. The van der Waals surface area contributed by atoms with E-state index in [1.54, 1.807) is 23.7 Å². The van der Waals surface area contributed by atoms with Crippen LogP contribution in [0.3, 0.4) is 0 Å². The van der Waals surface area contributed by atoms with Crippen LogP contribution in [0.1, 0.15) is 32.2 Å². The highest BCUT2D eigenvalue weighted by molar-refractivity contribution is 7.56. The van der Waals surface area contributed by atoms with E-state index in [1.807, 2.05) is 32.0 Å². The number of aliphatic hydroxyl groups excluding tert-OH is 1. The van der Waals surface area contributed by atoms with Crippen LogP contribution in [0.25, 0.3) is 0 Å². The van der Waals surface area contributed by atoms with Crippen molar-refractivity contribution in [1.29, 1.82) is 0 Å². The van der Waals surface area contributed by atoms with Gasteiger partial charge in [-0.3, -0.25) is 4.57 Å². The molecule has 1 aromatic rings. The second-order valence-electron chi connectivity index (χ2n) is 3.91. The molecule has 1 N–H and O–H groups in total. The summed E-state index contributed by atoms with van der Waals surface area (Å²) < 4.78 is 20.1. The van der Waals surface area contributed by atoms with E-state index in [0.29, 0.717) is 25.3 Å². The third-order valence-corrected chi connectivity index (χ3v) is 5.74. The van der Waals surface area contributed by atoms with Crippen molar-refractivity contribution in [2.24, 2.45) is 0 Å². The van der Waals surface area contributed by atoms with E-state index >= 15 is 0 Å². The highest BCUT2D eigenvalue weighted by atomic mass is 31.2.